The zero-order chi connectivity index (χ0) is 17.1. The van der Waals surface area contributed by atoms with E-state index >= 15 is 0 Å². The Morgan fingerprint density at radius 3 is 2.50 bits per heavy atom. The van der Waals surface area contributed by atoms with Gasteiger partial charge in [-0.3, -0.25) is 4.79 Å². The zero-order valence-electron chi connectivity index (χ0n) is 12.1. The fraction of sp³-hybridized carbons (Fsp3) is 0. The Balaban J connectivity index is 1.82. The van der Waals surface area contributed by atoms with Crippen molar-refractivity contribution in [1.29, 1.82) is 0 Å². The highest BCUT2D eigenvalue weighted by molar-refractivity contribution is 8.26. The number of carbonyl (C=O) groups is 1. The Morgan fingerprint density at radius 1 is 1.08 bits per heavy atom. The van der Waals surface area contributed by atoms with Crippen LogP contribution in [0.5, 0.6) is 0 Å². The van der Waals surface area contributed by atoms with Crippen LogP contribution in [0.15, 0.2) is 58.5 Å². The Morgan fingerprint density at radius 2 is 1.79 bits per heavy atom. The van der Waals surface area contributed by atoms with Crippen LogP contribution in [0.2, 0.25) is 0 Å². The molecular weight excluding hydrogens is 350 g/mol. The average Bonchev–Trinajstić information content (AvgIpc) is 2.83. The molecule has 24 heavy (non-hydrogen) atoms. The minimum Gasteiger partial charge on any atom is -0.266 e. The van der Waals surface area contributed by atoms with Gasteiger partial charge in [0.25, 0.3) is 5.91 Å². The van der Waals surface area contributed by atoms with Gasteiger partial charge in [0, 0.05) is 5.56 Å². The summed E-state index contributed by atoms with van der Waals surface area (Å²) >= 11 is 6.19. The highest BCUT2D eigenvalue weighted by Crippen LogP contribution is 2.33. The lowest BCUT2D eigenvalue weighted by Crippen LogP contribution is -2.22. The van der Waals surface area contributed by atoms with Crippen molar-refractivity contribution in [3.63, 3.8) is 0 Å². The standard InChI is InChI=1S/C17H10F2N2OS2/c18-13-7-5-11(6-8-13)10-20-21-16(22)15(24-17(21)23)9-12-3-1-2-4-14(12)19/h1-10H/b15-9+,20-10+. The van der Waals surface area contributed by atoms with Gasteiger partial charge in [0.2, 0.25) is 0 Å². The van der Waals surface area contributed by atoms with Gasteiger partial charge in [-0.15, -0.1) is 0 Å². The minimum absolute atomic E-state index is 0.251. The first kappa shape index (κ1) is 16.5. The number of thioether (sulfide) groups is 1. The first-order valence-corrected chi connectivity index (χ1v) is 8.09. The molecule has 0 radical (unpaired) electrons. The molecule has 2 aromatic carbocycles. The van der Waals surface area contributed by atoms with Gasteiger partial charge in [-0.2, -0.15) is 10.1 Å². The number of nitrogens with zero attached hydrogens (tertiary/aromatic N) is 2. The number of hydrazone groups is 1. The SMILES string of the molecule is O=C1/C(=C\c2ccccc2F)SC(=S)N1/N=C/c1ccc(F)cc1. The van der Waals surface area contributed by atoms with E-state index < -0.39 is 11.7 Å². The summed E-state index contributed by atoms with van der Waals surface area (Å²) in [6, 6.07) is 11.8. The first-order valence-electron chi connectivity index (χ1n) is 6.86. The van der Waals surface area contributed by atoms with Crippen LogP contribution in [0.4, 0.5) is 8.78 Å². The van der Waals surface area contributed by atoms with Crippen LogP contribution in [0.3, 0.4) is 0 Å². The van der Waals surface area contributed by atoms with Crippen molar-refractivity contribution in [2.24, 2.45) is 5.10 Å². The van der Waals surface area contributed by atoms with Crippen LogP contribution in [0.25, 0.3) is 6.08 Å². The van der Waals surface area contributed by atoms with Crippen molar-refractivity contribution in [3.05, 3.63) is 76.2 Å². The number of hydrogen-bond donors (Lipinski definition) is 0. The van der Waals surface area contributed by atoms with E-state index in [9.17, 15) is 13.6 Å². The third-order valence-electron chi connectivity index (χ3n) is 3.16. The summed E-state index contributed by atoms with van der Waals surface area (Å²) in [5, 5.41) is 5.10. The van der Waals surface area contributed by atoms with Gasteiger partial charge in [0.15, 0.2) is 4.32 Å². The largest absolute Gasteiger partial charge is 0.286 e. The first-order chi connectivity index (χ1) is 11.5. The molecule has 0 unspecified atom stereocenters. The predicted molar refractivity (Wildman–Crippen MR) is 95.4 cm³/mol. The Bertz CT molecular complexity index is 863. The number of hydrogen-bond acceptors (Lipinski definition) is 4. The van der Waals surface area contributed by atoms with E-state index in [1.54, 1.807) is 18.2 Å². The van der Waals surface area contributed by atoms with Crippen LogP contribution in [-0.2, 0) is 4.79 Å². The molecule has 3 rings (SSSR count). The molecule has 1 amide bonds. The summed E-state index contributed by atoms with van der Waals surface area (Å²) < 4.78 is 26.8. The summed E-state index contributed by atoms with van der Waals surface area (Å²) in [4.78, 5) is 12.7. The maximum Gasteiger partial charge on any atom is 0.286 e. The lowest BCUT2D eigenvalue weighted by Gasteiger charge is -2.06. The van der Waals surface area contributed by atoms with Crippen LogP contribution in [0, 0.1) is 11.6 Å². The normalized spacial score (nSPS) is 16.6. The lowest BCUT2D eigenvalue weighted by atomic mass is 10.2. The Labute approximate surface area is 146 Å². The van der Waals surface area contributed by atoms with Crippen molar-refractivity contribution < 1.29 is 13.6 Å². The summed E-state index contributed by atoms with van der Waals surface area (Å²) in [7, 11) is 0. The zero-order valence-corrected chi connectivity index (χ0v) is 13.8. The summed E-state index contributed by atoms with van der Waals surface area (Å²) in [5.74, 6) is -1.20. The Kier molecular flexibility index (Phi) is 4.82. The molecule has 1 aliphatic heterocycles. The van der Waals surface area contributed by atoms with Crippen molar-refractivity contribution in [3.8, 4) is 0 Å². The van der Waals surface area contributed by atoms with E-state index in [0.717, 1.165) is 16.8 Å². The number of amides is 1. The number of benzene rings is 2. The third-order valence-corrected chi connectivity index (χ3v) is 4.44. The van der Waals surface area contributed by atoms with Crippen LogP contribution in [-0.4, -0.2) is 21.5 Å². The molecule has 7 heteroatoms. The number of carbonyl (C=O) groups excluding carboxylic acids is 1. The topological polar surface area (TPSA) is 32.7 Å². The van der Waals surface area contributed by atoms with Crippen LogP contribution >= 0.6 is 24.0 Å². The molecule has 1 heterocycles. The van der Waals surface area contributed by atoms with E-state index in [1.165, 1.54) is 42.6 Å². The molecule has 1 saturated heterocycles. The van der Waals surface area contributed by atoms with Crippen molar-refractivity contribution in [1.82, 2.24) is 5.01 Å². The molecule has 0 atom stereocenters. The Hall–Kier alpha value is -2.38. The molecule has 1 aliphatic rings. The highest BCUT2D eigenvalue weighted by atomic mass is 32.2. The van der Waals surface area contributed by atoms with Gasteiger partial charge in [-0.05, 0) is 42.1 Å². The lowest BCUT2D eigenvalue weighted by molar-refractivity contribution is -0.122. The number of halogens is 2. The van der Waals surface area contributed by atoms with Gasteiger partial charge >= 0.3 is 0 Å². The second-order valence-electron chi connectivity index (χ2n) is 4.81. The van der Waals surface area contributed by atoms with Gasteiger partial charge < -0.3 is 0 Å². The smallest absolute Gasteiger partial charge is 0.266 e. The fourth-order valence-electron chi connectivity index (χ4n) is 1.97. The van der Waals surface area contributed by atoms with Gasteiger partial charge in [-0.1, -0.05) is 42.1 Å². The van der Waals surface area contributed by atoms with Crippen molar-refractivity contribution in [2.75, 3.05) is 0 Å². The summed E-state index contributed by atoms with van der Waals surface area (Å²) in [5.41, 5.74) is 0.934. The van der Waals surface area contributed by atoms with E-state index in [4.69, 9.17) is 12.2 Å². The molecule has 3 nitrogen and oxygen atoms in total. The monoisotopic (exact) mass is 360 g/mol. The summed E-state index contributed by atoms with van der Waals surface area (Å²) in [6.07, 6.45) is 2.86. The molecule has 0 bridgehead atoms. The molecule has 0 aromatic heterocycles. The van der Waals surface area contributed by atoms with E-state index in [1.807, 2.05) is 0 Å². The molecule has 0 spiro atoms. The third kappa shape index (κ3) is 3.58. The summed E-state index contributed by atoms with van der Waals surface area (Å²) in [6.45, 7) is 0. The minimum atomic E-state index is -0.424. The van der Waals surface area contributed by atoms with Gasteiger partial charge in [0.1, 0.15) is 11.6 Å². The van der Waals surface area contributed by atoms with Crippen molar-refractivity contribution >= 4 is 46.5 Å². The molecule has 0 saturated carbocycles. The maximum atomic E-state index is 13.7. The quantitative estimate of drug-likeness (QED) is 0.467. The molecule has 0 N–H and O–H groups in total. The second-order valence-corrected chi connectivity index (χ2v) is 6.49. The highest BCUT2D eigenvalue weighted by Gasteiger charge is 2.32. The van der Waals surface area contributed by atoms with Crippen LogP contribution < -0.4 is 0 Å². The molecule has 120 valence electrons. The van der Waals surface area contributed by atoms with E-state index in [-0.39, 0.29) is 10.1 Å². The van der Waals surface area contributed by atoms with Crippen molar-refractivity contribution in [2.45, 2.75) is 0 Å². The maximum absolute atomic E-state index is 13.7. The molecule has 2 aromatic rings. The van der Waals surface area contributed by atoms with E-state index in [2.05, 4.69) is 5.10 Å². The van der Waals surface area contributed by atoms with Gasteiger partial charge in [0.05, 0.1) is 11.1 Å². The molecule has 0 aliphatic carbocycles. The van der Waals surface area contributed by atoms with Crippen LogP contribution in [0.1, 0.15) is 11.1 Å². The molecule has 1 fully saturated rings. The number of rotatable bonds is 3. The number of thiocarbonyl (C=S) groups is 1. The van der Waals surface area contributed by atoms with E-state index in [0.29, 0.717) is 16.0 Å². The second kappa shape index (κ2) is 7.02. The predicted octanol–water partition coefficient (Wildman–Crippen LogP) is 4.20. The fourth-order valence-corrected chi connectivity index (χ4v) is 3.13. The van der Waals surface area contributed by atoms with Gasteiger partial charge in [-0.25, -0.2) is 8.78 Å². The molecular formula is C17H10F2N2OS2. The average molecular weight is 360 g/mol.